The number of rotatable bonds is 7. The number of benzene rings is 2. The first kappa shape index (κ1) is 21.9. The van der Waals surface area contributed by atoms with Crippen molar-refractivity contribution in [2.75, 3.05) is 32.1 Å². The molecule has 2 aromatic carbocycles. The summed E-state index contributed by atoms with van der Waals surface area (Å²) in [7, 11) is 1.69. The van der Waals surface area contributed by atoms with Gasteiger partial charge in [0.15, 0.2) is 0 Å². The molecule has 1 N–H and O–H groups in total. The molecule has 0 unspecified atom stereocenters. The molecule has 0 spiro atoms. The molecule has 0 radical (unpaired) electrons. The second-order valence-corrected chi connectivity index (χ2v) is 9.67. The normalized spacial score (nSPS) is 15.1. The lowest BCUT2D eigenvalue weighted by atomic mass is 9.96. The van der Waals surface area contributed by atoms with Gasteiger partial charge in [-0.25, -0.2) is 9.97 Å². The smallest absolute Gasteiger partial charge is 0.138 e. The number of nitrogens with one attached hydrogen (secondary N) is 1. The lowest BCUT2D eigenvalue weighted by Gasteiger charge is -2.32. The van der Waals surface area contributed by atoms with Crippen LogP contribution in [0, 0.1) is 12.8 Å². The Morgan fingerprint density at radius 2 is 1.85 bits per heavy atom. The number of fused-ring (bicyclic) bond motifs is 1. The molecule has 4 aromatic rings. The molecule has 5 nitrogen and oxygen atoms in total. The Bertz CT molecular complexity index is 1210. The number of nitrogens with zero attached hydrogens (tertiary/aromatic N) is 3. The first-order valence-electron chi connectivity index (χ1n) is 11.6. The Balaban J connectivity index is 1.24. The summed E-state index contributed by atoms with van der Waals surface area (Å²) in [6.07, 6.45) is 4.09. The van der Waals surface area contributed by atoms with E-state index in [0.717, 1.165) is 53.5 Å². The van der Waals surface area contributed by atoms with Crippen molar-refractivity contribution >= 4 is 27.4 Å². The highest BCUT2D eigenvalue weighted by Crippen LogP contribution is 2.37. The summed E-state index contributed by atoms with van der Waals surface area (Å²) >= 11 is 1.67. The molecule has 170 valence electrons. The third-order valence-electron chi connectivity index (χ3n) is 6.69. The fourth-order valence-corrected chi connectivity index (χ4v) is 5.53. The Hall–Kier alpha value is -2.96. The van der Waals surface area contributed by atoms with Crippen molar-refractivity contribution in [2.24, 2.45) is 5.92 Å². The van der Waals surface area contributed by atoms with Crippen molar-refractivity contribution < 1.29 is 4.74 Å². The Kier molecular flexibility index (Phi) is 6.55. The van der Waals surface area contributed by atoms with Crippen LogP contribution in [-0.2, 0) is 6.54 Å². The predicted octanol–water partition coefficient (Wildman–Crippen LogP) is 6.00. The molecule has 0 atom stereocenters. The fraction of sp³-hybridized carbons (Fsp3) is 0.333. The molecule has 1 fully saturated rings. The van der Waals surface area contributed by atoms with Gasteiger partial charge in [0.05, 0.1) is 12.5 Å². The zero-order valence-electron chi connectivity index (χ0n) is 19.3. The summed E-state index contributed by atoms with van der Waals surface area (Å²) < 4.78 is 5.31. The van der Waals surface area contributed by atoms with Crippen LogP contribution in [0.4, 0.5) is 5.82 Å². The zero-order chi connectivity index (χ0) is 22.6. The predicted molar refractivity (Wildman–Crippen MR) is 137 cm³/mol. The Morgan fingerprint density at radius 1 is 1.06 bits per heavy atom. The molecule has 33 heavy (non-hydrogen) atoms. The van der Waals surface area contributed by atoms with Crippen molar-refractivity contribution in [3.63, 3.8) is 0 Å². The number of thiophene rings is 1. The van der Waals surface area contributed by atoms with Crippen LogP contribution in [0.2, 0.25) is 0 Å². The van der Waals surface area contributed by atoms with Gasteiger partial charge in [0.25, 0.3) is 0 Å². The minimum Gasteiger partial charge on any atom is -0.497 e. The van der Waals surface area contributed by atoms with Gasteiger partial charge in [0.2, 0.25) is 0 Å². The number of piperidine rings is 1. The first-order valence-corrected chi connectivity index (χ1v) is 12.5. The van der Waals surface area contributed by atoms with Gasteiger partial charge in [-0.05, 0) is 67.6 Å². The highest BCUT2D eigenvalue weighted by Gasteiger charge is 2.21. The molecule has 6 heteroatoms. The average molecular weight is 459 g/mol. The third kappa shape index (κ3) is 4.87. The van der Waals surface area contributed by atoms with Crippen LogP contribution < -0.4 is 10.1 Å². The molecule has 1 aliphatic rings. The quantitative estimate of drug-likeness (QED) is 0.368. The van der Waals surface area contributed by atoms with Gasteiger partial charge in [-0.15, -0.1) is 11.3 Å². The summed E-state index contributed by atoms with van der Waals surface area (Å²) in [6.45, 7) is 6.51. The van der Waals surface area contributed by atoms with Crippen LogP contribution in [0.25, 0.3) is 21.3 Å². The van der Waals surface area contributed by atoms with E-state index in [4.69, 9.17) is 4.74 Å². The van der Waals surface area contributed by atoms with Crippen LogP contribution in [-0.4, -0.2) is 41.6 Å². The lowest BCUT2D eigenvalue weighted by molar-refractivity contribution is 0.182. The van der Waals surface area contributed by atoms with Crippen LogP contribution in [0.15, 0.2) is 60.2 Å². The molecule has 5 rings (SSSR count). The fourth-order valence-electron chi connectivity index (χ4n) is 4.61. The molecule has 0 aliphatic carbocycles. The van der Waals surface area contributed by atoms with Crippen molar-refractivity contribution in [3.05, 3.63) is 71.4 Å². The highest BCUT2D eigenvalue weighted by atomic mass is 32.1. The van der Waals surface area contributed by atoms with Crippen LogP contribution in [0.3, 0.4) is 0 Å². The van der Waals surface area contributed by atoms with Crippen molar-refractivity contribution in [3.8, 4) is 16.9 Å². The monoisotopic (exact) mass is 458 g/mol. The van der Waals surface area contributed by atoms with Gasteiger partial charge in [-0.2, -0.15) is 0 Å². The van der Waals surface area contributed by atoms with E-state index in [1.807, 2.05) is 12.1 Å². The molecule has 3 heterocycles. The van der Waals surface area contributed by atoms with Crippen molar-refractivity contribution in [1.29, 1.82) is 0 Å². The molecule has 0 saturated carbocycles. The van der Waals surface area contributed by atoms with E-state index in [2.05, 4.69) is 68.9 Å². The standard InChI is InChI=1S/C27H30N4OS/c1-19-5-3-4-6-22(19)16-31-13-11-20(12-14-31)15-28-26-25-24(17-33-27(25)30-18-29-26)21-7-9-23(32-2)10-8-21/h3-10,17-18,20H,11-16H2,1-2H3,(H,28,29,30). The van der Waals surface area contributed by atoms with Gasteiger partial charge < -0.3 is 10.1 Å². The van der Waals surface area contributed by atoms with E-state index < -0.39 is 0 Å². The summed E-state index contributed by atoms with van der Waals surface area (Å²) in [5.74, 6) is 2.46. The molecule has 0 bridgehead atoms. The number of aromatic nitrogens is 2. The number of hydrogen-bond acceptors (Lipinski definition) is 6. The van der Waals surface area contributed by atoms with E-state index in [9.17, 15) is 0 Å². The molecule has 1 saturated heterocycles. The average Bonchev–Trinajstić information content (AvgIpc) is 3.30. The van der Waals surface area contributed by atoms with Gasteiger partial charge in [0, 0.05) is 24.0 Å². The van der Waals surface area contributed by atoms with Crippen LogP contribution in [0.1, 0.15) is 24.0 Å². The highest BCUT2D eigenvalue weighted by molar-refractivity contribution is 7.17. The second kappa shape index (κ2) is 9.89. The summed E-state index contributed by atoms with van der Waals surface area (Å²) in [5.41, 5.74) is 5.16. The largest absolute Gasteiger partial charge is 0.497 e. The SMILES string of the molecule is COc1ccc(-c2csc3ncnc(NCC4CCN(Cc5ccccc5C)CC4)c23)cc1. The van der Waals surface area contributed by atoms with Crippen molar-refractivity contribution in [2.45, 2.75) is 26.3 Å². The van der Waals surface area contributed by atoms with E-state index >= 15 is 0 Å². The molecular formula is C27H30N4OS. The Labute approximate surface area is 199 Å². The Morgan fingerprint density at radius 3 is 2.61 bits per heavy atom. The number of anilines is 1. The second-order valence-electron chi connectivity index (χ2n) is 8.81. The summed E-state index contributed by atoms with van der Waals surface area (Å²) in [5, 5.41) is 6.95. The van der Waals surface area contributed by atoms with Gasteiger partial charge in [-0.1, -0.05) is 36.4 Å². The summed E-state index contributed by atoms with van der Waals surface area (Å²) in [6, 6.07) is 16.9. The third-order valence-corrected chi connectivity index (χ3v) is 7.58. The number of methoxy groups -OCH3 is 1. The van der Waals surface area contributed by atoms with Gasteiger partial charge in [-0.3, -0.25) is 4.90 Å². The zero-order valence-corrected chi connectivity index (χ0v) is 20.1. The molecule has 0 amide bonds. The van der Waals surface area contributed by atoms with E-state index in [-0.39, 0.29) is 0 Å². The molecule has 1 aliphatic heterocycles. The summed E-state index contributed by atoms with van der Waals surface area (Å²) in [4.78, 5) is 12.7. The van der Waals surface area contributed by atoms with E-state index in [1.54, 1.807) is 24.8 Å². The van der Waals surface area contributed by atoms with E-state index in [1.165, 1.54) is 29.5 Å². The first-order chi connectivity index (χ1) is 16.2. The van der Waals surface area contributed by atoms with Crippen LogP contribution in [0.5, 0.6) is 5.75 Å². The van der Waals surface area contributed by atoms with Crippen LogP contribution >= 0.6 is 11.3 Å². The minimum atomic E-state index is 0.659. The number of likely N-dealkylation sites (tertiary alicyclic amines) is 1. The van der Waals surface area contributed by atoms with Gasteiger partial charge >= 0.3 is 0 Å². The number of ether oxygens (including phenoxy) is 1. The maximum atomic E-state index is 5.31. The van der Waals surface area contributed by atoms with Gasteiger partial charge in [0.1, 0.15) is 22.7 Å². The number of hydrogen-bond donors (Lipinski definition) is 1. The topological polar surface area (TPSA) is 50.3 Å². The van der Waals surface area contributed by atoms with Crippen molar-refractivity contribution in [1.82, 2.24) is 14.9 Å². The molecular weight excluding hydrogens is 428 g/mol. The number of aryl methyl sites for hydroxylation is 1. The maximum Gasteiger partial charge on any atom is 0.138 e. The lowest BCUT2D eigenvalue weighted by Crippen LogP contribution is -2.35. The minimum absolute atomic E-state index is 0.659. The molecule has 2 aromatic heterocycles. The van der Waals surface area contributed by atoms with E-state index in [0.29, 0.717) is 5.92 Å². The maximum absolute atomic E-state index is 5.31.